The van der Waals surface area contributed by atoms with Gasteiger partial charge in [0.15, 0.2) is 0 Å². The van der Waals surface area contributed by atoms with E-state index in [-0.39, 0.29) is 6.61 Å². The highest BCUT2D eigenvalue weighted by Crippen LogP contribution is 2.64. The maximum atomic E-state index is 13.0. The molecule has 0 fully saturated rings. The van der Waals surface area contributed by atoms with E-state index in [0.717, 1.165) is 0 Å². The SMILES string of the molecule is NCCO.O=S(=O)(O)C(F)(F)C(F)(F)C(F)(F)C(F)(F)C(F)(F)C(F)(F)C(F)(F)C(F)(F)F. The van der Waals surface area contributed by atoms with Gasteiger partial charge in [0.05, 0.1) is 6.61 Å². The van der Waals surface area contributed by atoms with Gasteiger partial charge in [-0.05, 0) is 0 Å². The molecule has 23 heteroatoms. The lowest BCUT2D eigenvalue weighted by molar-refractivity contribution is -0.458. The van der Waals surface area contributed by atoms with Crippen LogP contribution in [0.4, 0.5) is 74.6 Å². The Morgan fingerprint density at radius 3 is 0.939 bits per heavy atom. The van der Waals surface area contributed by atoms with E-state index in [2.05, 4.69) is 0 Å². The summed E-state index contributed by atoms with van der Waals surface area (Å²) in [5.41, 5.74) is 4.78. The maximum absolute atomic E-state index is 13.0. The Kier molecular flexibility index (Phi) is 9.24. The van der Waals surface area contributed by atoms with Crippen molar-refractivity contribution in [1.82, 2.24) is 0 Å². The summed E-state index contributed by atoms with van der Waals surface area (Å²) in [5.74, 6) is -52.0. The molecule has 0 rings (SSSR count). The van der Waals surface area contributed by atoms with Crippen LogP contribution in [-0.4, -0.2) is 78.2 Å². The minimum atomic E-state index is -8.89. The molecule has 0 aromatic rings. The summed E-state index contributed by atoms with van der Waals surface area (Å²) in [5, 5.41) is -0.0924. The lowest BCUT2D eigenvalue weighted by Crippen LogP contribution is -2.74. The van der Waals surface area contributed by atoms with E-state index in [1.807, 2.05) is 0 Å². The summed E-state index contributed by atoms with van der Waals surface area (Å²) in [6.07, 6.45) is -7.88. The molecule has 0 atom stereocenters. The Balaban J connectivity index is 0. The smallest absolute Gasteiger partial charge is 0.395 e. The average molecular weight is 561 g/mol. The van der Waals surface area contributed by atoms with Crippen molar-refractivity contribution in [3.8, 4) is 0 Å². The van der Waals surface area contributed by atoms with Crippen LogP contribution in [0.1, 0.15) is 0 Å². The first-order chi connectivity index (χ1) is 13.9. The zero-order chi connectivity index (χ0) is 27.9. The molecule has 0 aromatic carbocycles. The van der Waals surface area contributed by atoms with Gasteiger partial charge < -0.3 is 10.8 Å². The molecule has 0 aliphatic rings. The van der Waals surface area contributed by atoms with Gasteiger partial charge >= 0.3 is 57.1 Å². The fourth-order valence-corrected chi connectivity index (χ4v) is 1.76. The highest BCUT2D eigenvalue weighted by atomic mass is 32.2. The molecule has 0 aliphatic carbocycles. The maximum Gasteiger partial charge on any atom is 0.460 e. The van der Waals surface area contributed by atoms with Gasteiger partial charge in [0, 0.05) is 6.54 Å². The normalized spacial score (nSPS) is 15.8. The molecule has 4 N–H and O–H groups in total. The van der Waals surface area contributed by atoms with E-state index in [4.69, 9.17) is 15.4 Å². The second-order valence-corrected chi connectivity index (χ2v) is 6.91. The summed E-state index contributed by atoms with van der Waals surface area (Å²) in [6.45, 7) is 0.472. The molecule has 0 spiro atoms. The molecule has 5 nitrogen and oxygen atoms in total. The molecule has 202 valence electrons. The van der Waals surface area contributed by atoms with Crippen LogP contribution < -0.4 is 5.73 Å². The fourth-order valence-electron chi connectivity index (χ4n) is 1.31. The Labute approximate surface area is 170 Å². The van der Waals surface area contributed by atoms with Crippen molar-refractivity contribution in [2.24, 2.45) is 5.73 Å². The Hall–Kier alpha value is -1.36. The molecule has 0 amide bonds. The van der Waals surface area contributed by atoms with Crippen LogP contribution in [0, 0.1) is 0 Å². The number of hydrogen-bond donors (Lipinski definition) is 3. The number of halogens is 17. The highest BCUT2D eigenvalue weighted by molar-refractivity contribution is 7.87. The molecule has 0 saturated heterocycles. The summed E-state index contributed by atoms with van der Waals surface area (Å²) in [7, 11) is -7.89. The van der Waals surface area contributed by atoms with Gasteiger partial charge in [0.25, 0.3) is 0 Å². The minimum absolute atomic E-state index is 0.0972. The third-order valence-electron chi connectivity index (χ3n) is 3.15. The van der Waals surface area contributed by atoms with E-state index in [1.54, 1.807) is 0 Å². The second kappa shape index (κ2) is 9.02. The molecule has 0 saturated carbocycles. The largest absolute Gasteiger partial charge is 0.460 e. The van der Waals surface area contributed by atoms with Gasteiger partial charge in [-0.3, -0.25) is 4.55 Å². The van der Waals surface area contributed by atoms with Crippen LogP contribution in [0.25, 0.3) is 0 Å². The fraction of sp³-hybridized carbons (Fsp3) is 1.00. The van der Waals surface area contributed by atoms with E-state index in [1.165, 1.54) is 0 Å². The lowest BCUT2D eigenvalue weighted by Gasteiger charge is -2.42. The molecule has 0 aromatic heterocycles. The van der Waals surface area contributed by atoms with Crippen molar-refractivity contribution < 1.29 is 92.7 Å². The monoisotopic (exact) mass is 561 g/mol. The van der Waals surface area contributed by atoms with Gasteiger partial charge in [0.2, 0.25) is 0 Å². The molecule has 33 heavy (non-hydrogen) atoms. The Morgan fingerprint density at radius 1 is 0.545 bits per heavy atom. The van der Waals surface area contributed by atoms with Crippen LogP contribution in [0.5, 0.6) is 0 Å². The van der Waals surface area contributed by atoms with Crippen LogP contribution in [0.15, 0.2) is 0 Å². The molecule has 0 heterocycles. The minimum Gasteiger partial charge on any atom is -0.395 e. The Bertz CT molecular complexity index is 773. The first-order valence-corrected chi connectivity index (χ1v) is 8.35. The van der Waals surface area contributed by atoms with E-state index in [9.17, 15) is 83.1 Å². The van der Waals surface area contributed by atoms with Gasteiger partial charge in [0.1, 0.15) is 0 Å². The van der Waals surface area contributed by atoms with Gasteiger partial charge in [-0.2, -0.15) is 83.1 Å². The standard InChI is InChI=1S/C8HF17O3S.C2H7NO/c9-1(10,3(13,14)5(17,18)7(21,22)23)2(11,12)4(15,16)6(19,20)8(24,25)29(26,27)28;3-1-2-4/h(H,26,27,28);4H,1-3H2. The van der Waals surface area contributed by atoms with E-state index >= 15 is 0 Å². The van der Waals surface area contributed by atoms with Gasteiger partial charge in [-0.15, -0.1) is 0 Å². The molecule has 0 bridgehead atoms. The molecular weight excluding hydrogens is 553 g/mol. The second-order valence-electron chi connectivity index (χ2n) is 5.45. The van der Waals surface area contributed by atoms with Crippen molar-refractivity contribution in [2.75, 3.05) is 13.2 Å². The molecule has 0 aliphatic heterocycles. The Morgan fingerprint density at radius 2 is 0.758 bits per heavy atom. The van der Waals surface area contributed by atoms with E-state index < -0.39 is 57.1 Å². The van der Waals surface area contributed by atoms with Crippen molar-refractivity contribution in [2.45, 2.75) is 47.0 Å². The number of aliphatic hydroxyl groups excluding tert-OH is 1. The van der Waals surface area contributed by atoms with Crippen LogP contribution >= 0.6 is 0 Å². The van der Waals surface area contributed by atoms with Gasteiger partial charge in [-0.1, -0.05) is 0 Å². The predicted octanol–water partition coefficient (Wildman–Crippen LogP) is 3.78. The quantitative estimate of drug-likeness (QED) is 0.310. The molecular formula is C10H8F17NO4S. The van der Waals surface area contributed by atoms with Crippen molar-refractivity contribution in [3.05, 3.63) is 0 Å². The predicted molar refractivity (Wildman–Crippen MR) is 68.4 cm³/mol. The van der Waals surface area contributed by atoms with Crippen LogP contribution in [0.3, 0.4) is 0 Å². The average Bonchev–Trinajstić information content (AvgIpc) is 2.58. The summed E-state index contributed by atoms with van der Waals surface area (Å²) in [4.78, 5) is 0. The van der Waals surface area contributed by atoms with Crippen molar-refractivity contribution in [1.29, 1.82) is 0 Å². The van der Waals surface area contributed by atoms with Crippen LogP contribution in [-0.2, 0) is 10.1 Å². The van der Waals surface area contributed by atoms with Crippen molar-refractivity contribution in [3.63, 3.8) is 0 Å². The molecule has 0 unspecified atom stereocenters. The third-order valence-corrected chi connectivity index (χ3v) is 4.05. The van der Waals surface area contributed by atoms with Gasteiger partial charge in [-0.25, -0.2) is 0 Å². The number of rotatable bonds is 8. The highest BCUT2D eigenvalue weighted by Gasteiger charge is 2.96. The van der Waals surface area contributed by atoms with E-state index in [0.29, 0.717) is 6.54 Å². The first kappa shape index (κ1) is 33.8. The number of aliphatic hydroxyl groups is 1. The zero-order valence-electron chi connectivity index (χ0n) is 14.5. The summed E-state index contributed by atoms with van der Waals surface area (Å²) >= 11 is 0. The number of nitrogens with two attached hydrogens (primary N) is 1. The summed E-state index contributed by atoms with van der Waals surface area (Å²) < 4.78 is 242. The topological polar surface area (TPSA) is 101 Å². The van der Waals surface area contributed by atoms with Crippen LogP contribution in [0.2, 0.25) is 0 Å². The zero-order valence-corrected chi connectivity index (χ0v) is 15.4. The number of alkyl halides is 17. The summed E-state index contributed by atoms with van der Waals surface area (Å²) in [6, 6.07) is 0. The molecule has 0 radical (unpaired) electrons. The first-order valence-electron chi connectivity index (χ1n) is 6.91. The van der Waals surface area contributed by atoms with Crippen molar-refractivity contribution >= 4 is 10.1 Å². The lowest BCUT2D eigenvalue weighted by atomic mass is 9.91. The number of hydrogen-bond acceptors (Lipinski definition) is 4. The third kappa shape index (κ3) is 4.90.